The predicted octanol–water partition coefficient (Wildman–Crippen LogP) is 2.51. The van der Waals surface area contributed by atoms with Crippen molar-refractivity contribution in [1.29, 1.82) is 0 Å². The van der Waals surface area contributed by atoms with Gasteiger partial charge in [-0.05, 0) is 39.2 Å². The Kier molecular flexibility index (Phi) is 11.6. The van der Waals surface area contributed by atoms with Gasteiger partial charge in [-0.25, -0.2) is 0 Å². The van der Waals surface area contributed by atoms with E-state index in [0.29, 0.717) is 5.92 Å². The van der Waals surface area contributed by atoms with Crippen LogP contribution < -0.4 is 5.32 Å². The third-order valence-corrected chi connectivity index (χ3v) is 4.82. The first kappa shape index (κ1) is 22.0. The first-order valence-corrected chi connectivity index (χ1v) is 10.1. The van der Waals surface area contributed by atoms with E-state index in [1.54, 1.807) is 0 Å². The fourth-order valence-electron chi connectivity index (χ4n) is 3.16. The lowest BCUT2D eigenvalue weighted by Crippen LogP contribution is -2.46. The largest absolute Gasteiger partial charge is 0.357 e. The molecule has 5 heteroatoms. The zero-order chi connectivity index (χ0) is 18.5. The van der Waals surface area contributed by atoms with E-state index in [2.05, 4.69) is 54.5 Å². The Hall–Kier alpha value is -1.07. The second kappa shape index (κ2) is 13.2. The minimum atomic E-state index is 0.595. The molecule has 146 valence electrons. The van der Waals surface area contributed by atoms with Gasteiger partial charge in [0, 0.05) is 59.4 Å². The zero-order valence-corrected chi connectivity index (χ0v) is 17.1. The molecule has 0 bridgehead atoms. The normalized spacial score (nSPS) is 18.2. The number of piperazine rings is 1. The molecule has 0 spiro atoms. The molecular weight excluding hydrogens is 310 g/mol. The molecule has 1 N–H and O–H groups in total. The van der Waals surface area contributed by atoms with Crippen molar-refractivity contribution in [1.82, 2.24) is 20.0 Å². The van der Waals surface area contributed by atoms with Gasteiger partial charge in [-0.15, -0.1) is 6.58 Å². The lowest BCUT2D eigenvalue weighted by molar-refractivity contribution is 0.140. The molecule has 1 heterocycles. The topological polar surface area (TPSA) is 34.1 Å². The molecule has 0 saturated carbocycles. The number of rotatable bonds is 11. The van der Waals surface area contributed by atoms with Crippen molar-refractivity contribution in [3.8, 4) is 0 Å². The average Bonchev–Trinajstić information content (AvgIpc) is 2.60. The van der Waals surface area contributed by atoms with E-state index in [4.69, 9.17) is 4.99 Å². The molecule has 1 rings (SSSR count). The monoisotopic (exact) mass is 351 g/mol. The summed E-state index contributed by atoms with van der Waals surface area (Å²) >= 11 is 0. The Morgan fingerprint density at radius 1 is 1.24 bits per heavy atom. The van der Waals surface area contributed by atoms with Crippen LogP contribution in [0.3, 0.4) is 0 Å². The lowest BCUT2D eigenvalue weighted by atomic mass is 10.1. The van der Waals surface area contributed by atoms with E-state index in [-0.39, 0.29) is 0 Å². The van der Waals surface area contributed by atoms with Crippen molar-refractivity contribution in [2.45, 2.75) is 39.5 Å². The number of nitrogens with one attached hydrogen (secondary N) is 1. The van der Waals surface area contributed by atoms with Crippen molar-refractivity contribution in [2.75, 3.05) is 66.5 Å². The number of aliphatic imine (C=N–C) groups is 1. The molecule has 1 saturated heterocycles. The Balaban J connectivity index is 2.35. The summed E-state index contributed by atoms with van der Waals surface area (Å²) in [6.07, 6.45) is 6.85. The van der Waals surface area contributed by atoms with E-state index in [1.807, 2.05) is 6.08 Å². The maximum absolute atomic E-state index is 4.89. The molecule has 0 aromatic rings. The summed E-state index contributed by atoms with van der Waals surface area (Å²) in [6.45, 7) is 17.0. The summed E-state index contributed by atoms with van der Waals surface area (Å²) in [4.78, 5) is 12.2. The zero-order valence-electron chi connectivity index (χ0n) is 17.1. The smallest absolute Gasteiger partial charge is 0.193 e. The quantitative estimate of drug-likeness (QED) is 0.268. The van der Waals surface area contributed by atoms with E-state index in [0.717, 1.165) is 38.6 Å². The highest BCUT2D eigenvalue weighted by atomic mass is 15.3. The summed E-state index contributed by atoms with van der Waals surface area (Å²) in [6, 6.07) is 0. The molecular formula is C20H41N5. The molecule has 1 atom stereocenters. The number of likely N-dealkylation sites (N-methyl/N-ethyl adjacent to an activating group) is 1. The highest BCUT2D eigenvalue weighted by Crippen LogP contribution is 2.06. The SMILES string of the molecule is C=CCCCCCN(C)C(=NCC(C)CN1CCN(C)CC1)NCC. The van der Waals surface area contributed by atoms with Crippen LogP contribution in [0, 0.1) is 5.92 Å². The van der Waals surface area contributed by atoms with Gasteiger partial charge in [0.15, 0.2) is 5.96 Å². The minimum Gasteiger partial charge on any atom is -0.357 e. The standard InChI is InChI=1S/C20H41N5/c1-6-8-9-10-11-12-24(5)20(21-7-2)22-17-19(3)18-25-15-13-23(4)14-16-25/h6,19H,1,7-18H2,2-5H3,(H,21,22). The molecule has 1 fully saturated rings. The summed E-state index contributed by atoms with van der Waals surface area (Å²) in [5.41, 5.74) is 0. The van der Waals surface area contributed by atoms with Crippen LogP contribution in [-0.2, 0) is 0 Å². The van der Waals surface area contributed by atoms with E-state index < -0.39 is 0 Å². The van der Waals surface area contributed by atoms with Crippen LogP contribution in [0.1, 0.15) is 39.5 Å². The molecule has 1 aliphatic heterocycles. The summed E-state index contributed by atoms with van der Waals surface area (Å²) in [5.74, 6) is 1.65. The number of nitrogens with zero attached hydrogens (tertiary/aromatic N) is 4. The Morgan fingerprint density at radius 2 is 1.96 bits per heavy atom. The number of allylic oxidation sites excluding steroid dienone is 1. The molecule has 5 nitrogen and oxygen atoms in total. The van der Waals surface area contributed by atoms with E-state index in [9.17, 15) is 0 Å². The maximum Gasteiger partial charge on any atom is 0.193 e. The first-order chi connectivity index (χ1) is 12.1. The first-order valence-electron chi connectivity index (χ1n) is 10.1. The summed E-state index contributed by atoms with van der Waals surface area (Å²) < 4.78 is 0. The van der Waals surface area contributed by atoms with Crippen LogP contribution in [0.4, 0.5) is 0 Å². The third kappa shape index (κ3) is 9.85. The van der Waals surface area contributed by atoms with Crippen molar-refractivity contribution in [3.63, 3.8) is 0 Å². The molecule has 1 aliphatic rings. The van der Waals surface area contributed by atoms with Crippen LogP contribution in [0.25, 0.3) is 0 Å². The Bertz CT molecular complexity index is 374. The molecule has 0 aliphatic carbocycles. The van der Waals surface area contributed by atoms with E-state index >= 15 is 0 Å². The minimum absolute atomic E-state index is 0.595. The Labute approximate surface area is 156 Å². The predicted molar refractivity (Wildman–Crippen MR) is 110 cm³/mol. The second-order valence-corrected chi connectivity index (χ2v) is 7.46. The average molecular weight is 352 g/mol. The number of unbranched alkanes of at least 4 members (excludes halogenated alkanes) is 3. The van der Waals surface area contributed by atoms with Crippen molar-refractivity contribution >= 4 is 5.96 Å². The molecule has 0 amide bonds. The molecule has 0 radical (unpaired) electrons. The van der Waals surface area contributed by atoms with Crippen LogP contribution in [0.2, 0.25) is 0 Å². The number of guanidine groups is 1. The van der Waals surface area contributed by atoms with Gasteiger partial charge in [0.25, 0.3) is 0 Å². The van der Waals surface area contributed by atoms with Crippen molar-refractivity contribution in [2.24, 2.45) is 10.9 Å². The maximum atomic E-state index is 4.89. The van der Waals surface area contributed by atoms with Crippen LogP contribution in [0.5, 0.6) is 0 Å². The van der Waals surface area contributed by atoms with E-state index in [1.165, 1.54) is 45.4 Å². The highest BCUT2D eigenvalue weighted by molar-refractivity contribution is 5.79. The van der Waals surface area contributed by atoms with Gasteiger partial charge in [-0.1, -0.05) is 19.4 Å². The molecule has 1 unspecified atom stereocenters. The van der Waals surface area contributed by atoms with Crippen LogP contribution in [-0.4, -0.2) is 87.1 Å². The third-order valence-electron chi connectivity index (χ3n) is 4.82. The lowest BCUT2D eigenvalue weighted by Gasteiger charge is -2.33. The number of hydrogen-bond acceptors (Lipinski definition) is 3. The van der Waals surface area contributed by atoms with Gasteiger partial charge in [-0.2, -0.15) is 0 Å². The fourth-order valence-corrected chi connectivity index (χ4v) is 3.16. The van der Waals surface area contributed by atoms with Crippen LogP contribution >= 0.6 is 0 Å². The summed E-state index contributed by atoms with van der Waals surface area (Å²) in [5, 5.41) is 3.44. The van der Waals surface area contributed by atoms with Crippen molar-refractivity contribution < 1.29 is 0 Å². The number of hydrogen-bond donors (Lipinski definition) is 1. The van der Waals surface area contributed by atoms with Gasteiger partial charge >= 0.3 is 0 Å². The van der Waals surface area contributed by atoms with Gasteiger partial charge in [-0.3, -0.25) is 4.99 Å². The fraction of sp³-hybridized carbons (Fsp3) is 0.850. The van der Waals surface area contributed by atoms with Gasteiger partial charge < -0.3 is 20.0 Å². The van der Waals surface area contributed by atoms with Crippen molar-refractivity contribution in [3.05, 3.63) is 12.7 Å². The Morgan fingerprint density at radius 3 is 2.60 bits per heavy atom. The highest BCUT2D eigenvalue weighted by Gasteiger charge is 2.16. The molecule has 0 aromatic carbocycles. The van der Waals surface area contributed by atoms with Gasteiger partial charge in [0.2, 0.25) is 0 Å². The second-order valence-electron chi connectivity index (χ2n) is 7.46. The van der Waals surface area contributed by atoms with Gasteiger partial charge in [0.05, 0.1) is 0 Å². The summed E-state index contributed by atoms with van der Waals surface area (Å²) in [7, 11) is 4.36. The molecule has 25 heavy (non-hydrogen) atoms. The van der Waals surface area contributed by atoms with Crippen LogP contribution in [0.15, 0.2) is 17.6 Å². The molecule has 0 aromatic heterocycles. The van der Waals surface area contributed by atoms with Gasteiger partial charge in [0.1, 0.15) is 0 Å².